The summed E-state index contributed by atoms with van der Waals surface area (Å²) in [7, 11) is 0. The van der Waals surface area contributed by atoms with E-state index in [1.54, 1.807) is 0 Å². The molecular weight excluding hydrogens is 180 g/mol. The van der Waals surface area contributed by atoms with Gasteiger partial charge in [0.15, 0.2) is 0 Å². The standard InChI is InChI=1S/C10H20N2O2/c1-8(2)10(13)12-7-9-6-11-4-3-5-14-9/h8-9,11H,3-7H2,1-2H3,(H,12,13). The van der Waals surface area contributed by atoms with Crippen LogP contribution in [0.4, 0.5) is 0 Å². The molecule has 0 aliphatic carbocycles. The molecule has 14 heavy (non-hydrogen) atoms. The molecule has 2 N–H and O–H groups in total. The Kier molecular flexibility index (Phi) is 4.90. The van der Waals surface area contributed by atoms with Crippen molar-refractivity contribution < 1.29 is 9.53 Å². The summed E-state index contributed by atoms with van der Waals surface area (Å²) < 4.78 is 5.56. The molecule has 1 rings (SSSR count). The van der Waals surface area contributed by atoms with E-state index in [1.165, 1.54) is 0 Å². The number of nitrogens with one attached hydrogen (secondary N) is 2. The molecule has 1 unspecified atom stereocenters. The van der Waals surface area contributed by atoms with Crippen molar-refractivity contribution in [3.05, 3.63) is 0 Å². The first-order valence-electron chi connectivity index (χ1n) is 5.30. The minimum atomic E-state index is 0.0498. The monoisotopic (exact) mass is 200 g/mol. The van der Waals surface area contributed by atoms with Crippen LogP contribution >= 0.6 is 0 Å². The SMILES string of the molecule is CC(C)C(=O)NCC1CNCCCO1. The van der Waals surface area contributed by atoms with E-state index in [4.69, 9.17) is 4.74 Å². The van der Waals surface area contributed by atoms with Gasteiger partial charge in [-0.1, -0.05) is 13.8 Å². The molecule has 1 saturated heterocycles. The van der Waals surface area contributed by atoms with Crippen LogP contribution in [0.3, 0.4) is 0 Å². The zero-order valence-electron chi connectivity index (χ0n) is 9.01. The summed E-state index contributed by atoms with van der Waals surface area (Å²) in [6.45, 7) is 7.02. The molecular formula is C10H20N2O2. The van der Waals surface area contributed by atoms with Crippen molar-refractivity contribution in [2.24, 2.45) is 5.92 Å². The molecule has 0 aromatic heterocycles. The Morgan fingerprint density at radius 1 is 1.64 bits per heavy atom. The van der Waals surface area contributed by atoms with E-state index < -0.39 is 0 Å². The van der Waals surface area contributed by atoms with E-state index >= 15 is 0 Å². The van der Waals surface area contributed by atoms with Crippen LogP contribution in [-0.4, -0.2) is 38.3 Å². The lowest BCUT2D eigenvalue weighted by molar-refractivity contribution is -0.124. The third-order valence-corrected chi connectivity index (χ3v) is 2.25. The minimum Gasteiger partial charge on any atom is -0.375 e. The summed E-state index contributed by atoms with van der Waals surface area (Å²) in [6, 6.07) is 0. The summed E-state index contributed by atoms with van der Waals surface area (Å²) in [5.41, 5.74) is 0. The van der Waals surface area contributed by atoms with Gasteiger partial charge in [-0.15, -0.1) is 0 Å². The Balaban J connectivity index is 2.19. The molecule has 1 heterocycles. The number of hydrogen-bond acceptors (Lipinski definition) is 3. The van der Waals surface area contributed by atoms with Gasteiger partial charge in [0, 0.05) is 25.6 Å². The average Bonchev–Trinajstić information content (AvgIpc) is 2.42. The Hall–Kier alpha value is -0.610. The second kappa shape index (κ2) is 5.98. The van der Waals surface area contributed by atoms with E-state index in [1.807, 2.05) is 13.8 Å². The maximum atomic E-state index is 11.3. The molecule has 4 nitrogen and oxygen atoms in total. The highest BCUT2D eigenvalue weighted by Gasteiger charge is 2.14. The number of amides is 1. The van der Waals surface area contributed by atoms with Crippen LogP contribution in [0.1, 0.15) is 20.3 Å². The van der Waals surface area contributed by atoms with Crippen molar-refractivity contribution >= 4 is 5.91 Å². The summed E-state index contributed by atoms with van der Waals surface area (Å²) in [4.78, 5) is 11.3. The van der Waals surface area contributed by atoms with E-state index in [2.05, 4.69) is 10.6 Å². The van der Waals surface area contributed by atoms with Gasteiger partial charge in [0.1, 0.15) is 0 Å². The predicted octanol–water partition coefficient (Wildman–Crippen LogP) is 0.137. The smallest absolute Gasteiger partial charge is 0.222 e. The number of carbonyl (C=O) groups is 1. The summed E-state index contributed by atoms with van der Waals surface area (Å²) >= 11 is 0. The van der Waals surface area contributed by atoms with E-state index in [0.717, 1.165) is 26.1 Å². The average molecular weight is 200 g/mol. The van der Waals surface area contributed by atoms with Gasteiger partial charge in [-0.3, -0.25) is 4.79 Å². The molecule has 0 aromatic carbocycles. The minimum absolute atomic E-state index is 0.0498. The first kappa shape index (κ1) is 11.5. The number of ether oxygens (including phenoxy) is 1. The molecule has 0 spiro atoms. The first-order valence-corrected chi connectivity index (χ1v) is 5.30. The van der Waals surface area contributed by atoms with Crippen LogP contribution in [-0.2, 0) is 9.53 Å². The van der Waals surface area contributed by atoms with E-state index in [9.17, 15) is 4.79 Å². The molecule has 4 heteroatoms. The normalized spacial score (nSPS) is 23.2. The highest BCUT2D eigenvalue weighted by atomic mass is 16.5. The maximum Gasteiger partial charge on any atom is 0.222 e. The summed E-state index contributed by atoms with van der Waals surface area (Å²) in [5, 5.41) is 6.15. The summed E-state index contributed by atoms with van der Waals surface area (Å²) in [5.74, 6) is 0.145. The molecule has 0 saturated carbocycles. The second-order valence-corrected chi connectivity index (χ2v) is 3.95. The third-order valence-electron chi connectivity index (χ3n) is 2.25. The van der Waals surface area contributed by atoms with Gasteiger partial charge in [0.2, 0.25) is 5.91 Å². The van der Waals surface area contributed by atoms with Gasteiger partial charge in [-0.05, 0) is 13.0 Å². The zero-order valence-corrected chi connectivity index (χ0v) is 9.01. The van der Waals surface area contributed by atoms with Crippen molar-refractivity contribution in [1.29, 1.82) is 0 Å². The van der Waals surface area contributed by atoms with Crippen molar-refractivity contribution in [1.82, 2.24) is 10.6 Å². The van der Waals surface area contributed by atoms with E-state index in [-0.39, 0.29) is 17.9 Å². The largest absolute Gasteiger partial charge is 0.375 e. The van der Waals surface area contributed by atoms with Crippen LogP contribution in [0.2, 0.25) is 0 Å². The molecule has 1 fully saturated rings. The lowest BCUT2D eigenvalue weighted by Crippen LogP contribution is -2.39. The van der Waals surface area contributed by atoms with Crippen molar-refractivity contribution in [2.75, 3.05) is 26.2 Å². The van der Waals surface area contributed by atoms with Crippen LogP contribution in [0, 0.1) is 5.92 Å². The highest BCUT2D eigenvalue weighted by molar-refractivity contribution is 5.77. The predicted molar refractivity (Wildman–Crippen MR) is 55.1 cm³/mol. The number of rotatable bonds is 3. The lowest BCUT2D eigenvalue weighted by Gasteiger charge is -2.16. The third kappa shape index (κ3) is 4.07. The first-order chi connectivity index (χ1) is 6.70. The molecule has 0 aromatic rings. The van der Waals surface area contributed by atoms with Gasteiger partial charge in [0.25, 0.3) is 0 Å². The topological polar surface area (TPSA) is 50.4 Å². The van der Waals surface area contributed by atoms with Gasteiger partial charge < -0.3 is 15.4 Å². The fraction of sp³-hybridized carbons (Fsp3) is 0.900. The van der Waals surface area contributed by atoms with Crippen LogP contribution in [0.25, 0.3) is 0 Å². The van der Waals surface area contributed by atoms with Gasteiger partial charge in [-0.25, -0.2) is 0 Å². The van der Waals surface area contributed by atoms with Crippen LogP contribution < -0.4 is 10.6 Å². The number of hydrogen-bond donors (Lipinski definition) is 2. The van der Waals surface area contributed by atoms with Crippen molar-refractivity contribution in [3.63, 3.8) is 0 Å². The second-order valence-electron chi connectivity index (χ2n) is 3.95. The Bertz CT molecular complexity index is 175. The lowest BCUT2D eigenvalue weighted by atomic mass is 10.2. The van der Waals surface area contributed by atoms with Crippen LogP contribution in [0.5, 0.6) is 0 Å². The Morgan fingerprint density at radius 2 is 2.43 bits per heavy atom. The molecule has 82 valence electrons. The Labute approximate surface area is 85.4 Å². The van der Waals surface area contributed by atoms with Crippen LogP contribution in [0.15, 0.2) is 0 Å². The maximum absolute atomic E-state index is 11.3. The molecule has 1 aliphatic heterocycles. The molecule has 1 atom stereocenters. The van der Waals surface area contributed by atoms with Gasteiger partial charge in [0.05, 0.1) is 6.10 Å². The van der Waals surface area contributed by atoms with Crippen molar-refractivity contribution in [2.45, 2.75) is 26.4 Å². The van der Waals surface area contributed by atoms with Gasteiger partial charge in [-0.2, -0.15) is 0 Å². The molecule has 1 aliphatic rings. The number of carbonyl (C=O) groups excluding carboxylic acids is 1. The fourth-order valence-corrected chi connectivity index (χ4v) is 1.32. The zero-order chi connectivity index (χ0) is 10.4. The molecule has 0 bridgehead atoms. The molecule has 1 amide bonds. The quantitative estimate of drug-likeness (QED) is 0.681. The van der Waals surface area contributed by atoms with Gasteiger partial charge >= 0.3 is 0 Å². The Morgan fingerprint density at radius 3 is 3.14 bits per heavy atom. The fourth-order valence-electron chi connectivity index (χ4n) is 1.32. The summed E-state index contributed by atoms with van der Waals surface area (Å²) in [6.07, 6.45) is 1.18. The molecule has 0 radical (unpaired) electrons. The van der Waals surface area contributed by atoms with Crippen molar-refractivity contribution in [3.8, 4) is 0 Å². The highest BCUT2D eigenvalue weighted by Crippen LogP contribution is 1.97. The van der Waals surface area contributed by atoms with E-state index in [0.29, 0.717) is 6.54 Å².